The number of methoxy groups -OCH3 is 1. The molecule has 50 heavy (non-hydrogen) atoms. The molecule has 0 radical (unpaired) electrons. The molecule has 1 fully saturated rings. The molecule has 0 saturated carbocycles. The van der Waals surface area contributed by atoms with Crippen LogP contribution in [0.15, 0.2) is 30.3 Å². The van der Waals surface area contributed by atoms with Crippen LogP contribution in [0.2, 0.25) is 0 Å². The summed E-state index contributed by atoms with van der Waals surface area (Å²) in [4.78, 5) is 59.6. The average molecular weight is 685 g/mol. The summed E-state index contributed by atoms with van der Waals surface area (Å²) in [5.74, 6) is -0.390. The van der Waals surface area contributed by atoms with Crippen LogP contribution in [-0.4, -0.2) is 91.7 Å². The maximum Gasteiger partial charge on any atom is 0.408 e. The van der Waals surface area contributed by atoms with Crippen molar-refractivity contribution in [3.63, 3.8) is 0 Å². The standard InChI is InChI=1S/C38H48N6O6/c1-8-24-19-26-27(38(5,6)34-32(33(26)46)25-12-11-23(21-39)18-28(25)41-34)20-30(24)43-14-16-44(17-15-43)31(45)10-9-13-40-35(47)29(22-49-7)42-36(48)50-37(2,3)4/h11-12,18-20,29,41H,8-10,13-17,22H2,1-7H3,(H,40,47)(H,42,48)/t29-/m0/s1. The second-order valence-electron chi connectivity index (χ2n) is 14.5. The van der Waals surface area contributed by atoms with Crippen LogP contribution in [0.3, 0.4) is 0 Å². The van der Waals surface area contributed by atoms with Crippen LogP contribution in [0.5, 0.6) is 0 Å². The number of hydrogen-bond acceptors (Lipinski definition) is 8. The number of aryl methyl sites for hydroxylation is 1. The fourth-order valence-electron chi connectivity index (χ4n) is 6.89. The van der Waals surface area contributed by atoms with Crippen LogP contribution in [0, 0.1) is 11.3 Å². The monoisotopic (exact) mass is 684 g/mol. The maximum atomic E-state index is 14.0. The van der Waals surface area contributed by atoms with E-state index >= 15 is 0 Å². The number of alkyl carbamates (subject to hydrolysis) is 1. The number of carbonyl (C=O) groups is 4. The topological polar surface area (TPSA) is 157 Å². The fraction of sp³-hybridized carbons (Fsp3) is 0.500. The van der Waals surface area contributed by atoms with E-state index in [-0.39, 0.29) is 31.3 Å². The smallest absolute Gasteiger partial charge is 0.408 e. The highest BCUT2D eigenvalue weighted by molar-refractivity contribution is 6.20. The van der Waals surface area contributed by atoms with E-state index < -0.39 is 29.1 Å². The van der Waals surface area contributed by atoms with Gasteiger partial charge in [-0.15, -0.1) is 0 Å². The van der Waals surface area contributed by atoms with Gasteiger partial charge in [-0.05, 0) is 69.0 Å². The Morgan fingerprint density at radius 2 is 1.82 bits per heavy atom. The first-order chi connectivity index (χ1) is 23.7. The molecule has 266 valence electrons. The number of nitrogens with zero attached hydrogens (tertiary/aromatic N) is 3. The Hall–Kier alpha value is -4.89. The molecule has 1 atom stereocenters. The fourth-order valence-corrected chi connectivity index (χ4v) is 6.89. The summed E-state index contributed by atoms with van der Waals surface area (Å²) in [6.07, 6.45) is 0.791. The van der Waals surface area contributed by atoms with E-state index in [1.807, 2.05) is 17.0 Å². The Morgan fingerprint density at radius 3 is 2.46 bits per heavy atom. The van der Waals surface area contributed by atoms with Crippen LogP contribution in [-0.2, 0) is 30.9 Å². The van der Waals surface area contributed by atoms with E-state index in [4.69, 9.17) is 9.47 Å². The molecule has 3 N–H and O–H groups in total. The Balaban J connectivity index is 1.19. The first kappa shape index (κ1) is 36.4. The molecule has 0 unspecified atom stereocenters. The van der Waals surface area contributed by atoms with Crippen molar-refractivity contribution in [3.8, 4) is 6.07 Å². The number of ether oxygens (including phenoxy) is 2. The number of benzene rings is 2. The quantitative estimate of drug-likeness (QED) is 0.263. The number of aromatic amines is 1. The van der Waals surface area contributed by atoms with Gasteiger partial charge in [0.25, 0.3) is 0 Å². The lowest BCUT2D eigenvalue weighted by atomic mass is 9.70. The Labute approximate surface area is 293 Å². The van der Waals surface area contributed by atoms with Gasteiger partial charge in [-0.25, -0.2) is 4.79 Å². The zero-order valence-corrected chi connectivity index (χ0v) is 30.1. The second kappa shape index (κ2) is 14.5. The lowest BCUT2D eigenvalue weighted by molar-refractivity contribution is -0.132. The minimum absolute atomic E-state index is 0.00772. The van der Waals surface area contributed by atoms with E-state index in [1.165, 1.54) is 7.11 Å². The molecule has 3 amide bonds. The number of amides is 3. The highest BCUT2D eigenvalue weighted by Gasteiger charge is 2.40. The molecule has 1 aliphatic carbocycles. The summed E-state index contributed by atoms with van der Waals surface area (Å²) in [6.45, 7) is 14.3. The van der Waals surface area contributed by atoms with Gasteiger partial charge in [0.05, 0.1) is 23.8 Å². The van der Waals surface area contributed by atoms with Crippen molar-refractivity contribution in [2.75, 3.05) is 51.3 Å². The van der Waals surface area contributed by atoms with Crippen molar-refractivity contribution in [2.24, 2.45) is 0 Å². The van der Waals surface area contributed by atoms with E-state index in [9.17, 15) is 24.4 Å². The number of carbonyl (C=O) groups excluding carboxylic acids is 4. The van der Waals surface area contributed by atoms with Gasteiger partial charge in [0.2, 0.25) is 11.8 Å². The van der Waals surface area contributed by atoms with Crippen LogP contribution in [0.4, 0.5) is 10.5 Å². The summed E-state index contributed by atoms with van der Waals surface area (Å²) in [5.41, 5.74) is 5.53. The summed E-state index contributed by atoms with van der Waals surface area (Å²) < 4.78 is 10.3. The molecule has 5 rings (SSSR count). The van der Waals surface area contributed by atoms with Gasteiger partial charge in [-0.1, -0.05) is 26.8 Å². The van der Waals surface area contributed by atoms with Crippen LogP contribution in [0.25, 0.3) is 10.9 Å². The van der Waals surface area contributed by atoms with Crippen molar-refractivity contribution in [2.45, 2.75) is 77.9 Å². The van der Waals surface area contributed by atoms with Gasteiger partial charge in [-0.2, -0.15) is 5.26 Å². The summed E-state index contributed by atoms with van der Waals surface area (Å²) in [5, 5.41) is 15.6. The highest BCUT2D eigenvalue weighted by Crippen LogP contribution is 2.45. The number of hydrogen-bond donors (Lipinski definition) is 3. The molecular weight excluding hydrogens is 636 g/mol. The lowest BCUT2D eigenvalue weighted by Gasteiger charge is -2.39. The van der Waals surface area contributed by atoms with E-state index in [1.54, 1.807) is 32.9 Å². The predicted octanol–water partition coefficient (Wildman–Crippen LogP) is 4.56. The maximum absolute atomic E-state index is 14.0. The number of nitrogens with one attached hydrogen (secondary N) is 3. The van der Waals surface area contributed by atoms with E-state index in [0.717, 1.165) is 39.8 Å². The molecule has 1 saturated heterocycles. The minimum atomic E-state index is -0.916. The average Bonchev–Trinajstić information content (AvgIpc) is 3.47. The van der Waals surface area contributed by atoms with Gasteiger partial charge in [-0.3, -0.25) is 14.4 Å². The third-order valence-corrected chi connectivity index (χ3v) is 9.48. The molecule has 2 aromatic carbocycles. The molecular formula is C38H48N6O6. The van der Waals surface area contributed by atoms with Gasteiger partial charge >= 0.3 is 6.09 Å². The van der Waals surface area contributed by atoms with Crippen molar-refractivity contribution < 1.29 is 28.7 Å². The van der Waals surface area contributed by atoms with Crippen molar-refractivity contribution in [1.82, 2.24) is 20.5 Å². The van der Waals surface area contributed by atoms with Crippen molar-refractivity contribution in [1.29, 1.82) is 5.26 Å². The van der Waals surface area contributed by atoms with Crippen molar-refractivity contribution in [3.05, 3.63) is 63.8 Å². The SMILES string of the molecule is CCc1cc2c(cc1N1CCN(C(=O)CCCNC(=O)[C@H](COC)NC(=O)OC(C)(C)C)CC1)C(C)(C)c1[nH]c3cc(C#N)ccc3c1C2=O. The lowest BCUT2D eigenvalue weighted by Crippen LogP contribution is -2.51. The van der Waals surface area contributed by atoms with Crippen LogP contribution in [0.1, 0.15) is 92.7 Å². The van der Waals surface area contributed by atoms with Gasteiger partial charge in [0.1, 0.15) is 11.6 Å². The second-order valence-corrected chi connectivity index (χ2v) is 14.5. The minimum Gasteiger partial charge on any atom is -0.444 e. The normalized spacial score (nSPS) is 15.9. The number of rotatable bonds is 10. The molecule has 1 aromatic heterocycles. The van der Waals surface area contributed by atoms with Crippen LogP contribution < -0.4 is 15.5 Å². The molecule has 3 aromatic rings. The zero-order valence-electron chi connectivity index (χ0n) is 30.1. The number of anilines is 1. The third-order valence-electron chi connectivity index (χ3n) is 9.48. The molecule has 2 heterocycles. The predicted molar refractivity (Wildman–Crippen MR) is 190 cm³/mol. The zero-order chi connectivity index (χ0) is 36.4. The molecule has 12 heteroatoms. The molecule has 1 aliphatic heterocycles. The molecule has 0 bridgehead atoms. The molecule has 2 aliphatic rings. The Morgan fingerprint density at radius 1 is 1.10 bits per heavy atom. The largest absolute Gasteiger partial charge is 0.444 e. The van der Waals surface area contributed by atoms with E-state index in [0.29, 0.717) is 49.3 Å². The van der Waals surface area contributed by atoms with Crippen LogP contribution >= 0.6 is 0 Å². The number of H-pyrrole nitrogens is 1. The number of nitriles is 1. The summed E-state index contributed by atoms with van der Waals surface area (Å²) >= 11 is 0. The summed E-state index contributed by atoms with van der Waals surface area (Å²) in [6, 6.07) is 10.9. The Kier molecular flexibility index (Phi) is 10.6. The Bertz CT molecular complexity index is 1840. The first-order valence-corrected chi connectivity index (χ1v) is 17.3. The number of aromatic nitrogens is 1. The third kappa shape index (κ3) is 7.48. The molecule has 12 nitrogen and oxygen atoms in total. The molecule has 0 spiro atoms. The highest BCUT2D eigenvalue weighted by atomic mass is 16.6. The van der Waals surface area contributed by atoms with E-state index in [2.05, 4.69) is 53.4 Å². The van der Waals surface area contributed by atoms with Gasteiger partial charge < -0.3 is 34.9 Å². The van der Waals surface area contributed by atoms with Gasteiger partial charge in [0.15, 0.2) is 5.78 Å². The van der Waals surface area contributed by atoms with Crippen molar-refractivity contribution >= 4 is 40.3 Å². The number of piperazine rings is 1. The number of fused-ring (bicyclic) bond motifs is 4. The first-order valence-electron chi connectivity index (χ1n) is 17.3. The summed E-state index contributed by atoms with van der Waals surface area (Å²) in [7, 11) is 1.44. The van der Waals surface area contributed by atoms with Gasteiger partial charge in [0, 0.05) is 79.5 Å². The number of ketones is 1.